The maximum absolute atomic E-state index is 12.6. The Morgan fingerprint density at radius 3 is 2.52 bits per heavy atom. The van der Waals surface area contributed by atoms with E-state index in [-0.39, 0.29) is 30.5 Å². The lowest BCUT2D eigenvalue weighted by Crippen LogP contribution is -2.40. The molecule has 0 unspecified atom stereocenters. The largest absolute Gasteiger partial charge is 0.490 e. The number of esters is 1. The Morgan fingerprint density at radius 2 is 1.73 bits per heavy atom. The molecule has 1 aromatic heterocycles. The van der Waals surface area contributed by atoms with Gasteiger partial charge in [-0.2, -0.15) is 4.31 Å². The van der Waals surface area contributed by atoms with Gasteiger partial charge in [0, 0.05) is 30.6 Å². The minimum atomic E-state index is -3.53. The molecule has 0 saturated carbocycles. The van der Waals surface area contributed by atoms with Crippen LogP contribution in [-0.4, -0.2) is 63.2 Å². The predicted molar refractivity (Wildman–Crippen MR) is 123 cm³/mol. The van der Waals surface area contributed by atoms with Crippen LogP contribution < -0.4 is 4.74 Å². The van der Waals surface area contributed by atoms with Gasteiger partial charge in [-0.25, -0.2) is 8.42 Å². The topological polar surface area (TPSA) is 95.0 Å². The van der Waals surface area contributed by atoms with Gasteiger partial charge in [0.25, 0.3) is 0 Å². The highest BCUT2D eigenvalue weighted by atomic mass is 32.2. The number of fused-ring (bicyclic) bond motifs is 1. The zero-order valence-electron chi connectivity index (χ0n) is 18.2. The van der Waals surface area contributed by atoms with Crippen LogP contribution in [0.25, 0.3) is 10.9 Å². The summed E-state index contributed by atoms with van der Waals surface area (Å²) in [7, 11) is -3.53. The average Bonchev–Trinajstić information content (AvgIpc) is 2.86. The molecule has 0 radical (unpaired) electrons. The summed E-state index contributed by atoms with van der Waals surface area (Å²) in [4.78, 5) is 16.8. The number of carbonyl (C=O) groups excluding carboxylic acids is 1. The number of hydrogen-bond acceptors (Lipinski definition) is 7. The lowest BCUT2D eigenvalue weighted by Gasteiger charge is -2.26. The van der Waals surface area contributed by atoms with Crippen LogP contribution in [-0.2, 0) is 30.7 Å². The molecule has 1 fully saturated rings. The Morgan fingerprint density at radius 1 is 0.970 bits per heavy atom. The van der Waals surface area contributed by atoms with Gasteiger partial charge in [-0.15, -0.1) is 0 Å². The molecule has 1 saturated heterocycles. The number of rotatable bonds is 9. The van der Waals surface area contributed by atoms with Crippen molar-refractivity contribution in [3.8, 4) is 5.75 Å². The summed E-state index contributed by atoms with van der Waals surface area (Å²) in [5.74, 6) is 0.188. The molecule has 1 aliphatic heterocycles. The molecule has 1 aliphatic rings. The number of aromatic nitrogens is 1. The quantitative estimate of drug-likeness (QED) is 0.351. The number of hydrogen-bond donors (Lipinski definition) is 0. The van der Waals surface area contributed by atoms with Gasteiger partial charge in [0.2, 0.25) is 10.0 Å². The summed E-state index contributed by atoms with van der Waals surface area (Å²) in [6.07, 6.45) is 0.739. The molecule has 2 heterocycles. The van der Waals surface area contributed by atoms with Crippen molar-refractivity contribution in [3.05, 3.63) is 66.4 Å². The van der Waals surface area contributed by atoms with E-state index in [1.54, 1.807) is 12.1 Å². The number of carbonyl (C=O) groups is 1. The lowest BCUT2D eigenvalue weighted by atomic mass is 10.1. The molecule has 33 heavy (non-hydrogen) atoms. The van der Waals surface area contributed by atoms with Gasteiger partial charge in [-0.05, 0) is 36.4 Å². The fourth-order valence-corrected chi connectivity index (χ4v) is 4.92. The van der Waals surface area contributed by atoms with Crippen LogP contribution >= 0.6 is 0 Å². The molecule has 9 heteroatoms. The fraction of sp³-hybridized carbons (Fsp3) is 0.333. The van der Waals surface area contributed by atoms with Crippen molar-refractivity contribution in [2.24, 2.45) is 0 Å². The normalized spacial score (nSPS) is 14.8. The van der Waals surface area contributed by atoms with Crippen molar-refractivity contribution in [3.63, 3.8) is 0 Å². The van der Waals surface area contributed by atoms with Crippen LogP contribution in [0.4, 0.5) is 0 Å². The third-order valence-corrected chi connectivity index (χ3v) is 7.20. The van der Waals surface area contributed by atoms with Gasteiger partial charge < -0.3 is 14.2 Å². The molecular formula is C24H26N2O6S. The number of sulfonamides is 1. The molecule has 0 bridgehead atoms. The number of aryl methyl sites for hydroxylation is 1. The van der Waals surface area contributed by atoms with E-state index in [0.29, 0.717) is 38.5 Å². The molecule has 0 atom stereocenters. The number of ether oxygens (including phenoxy) is 3. The summed E-state index contributed by atoms with van der Waals surface area (Å²) in [6, 6.07) is 18.0. The molecule has 174 valence electrons. The summed E-state index contributed by atoms with van der Waals surface area (Å²) in [5.41, 5.74) is 1.74. The molecule has 0 spiro atoms. The number of morpholine rings is 1. The van der Waals surface area contributed by atoms with Crippen LogP contribution in [0.15, 0.2) is 65.6 Å². The Bertz CT molecular complexity index is 1190. The van der Waals surface area contributed by atoms with Crippen LogP contribution in [0.2, 0.25) is 0 Å². The maximum atomic E-state index is 12.6. The van der Waals surface area contributed by atoms with Gasteiger partial charge >= 0.3 is 5.97 Å². The number of nitrogens with zero attached hydrogens (tertiary/aromatic N) is 2. The average molecular weight is 471 g/mol. The Labute approximate surface area is 193 Å². The summed E-state index contributed by atoms with van der Waals surface area (Å²) in [5, 5.41) is 1.06. The van der Waals surface area contributed by atoms with E-state index in [4.69, 9.17) is 14.2 Å². The Kier molecular flexibility index (Phi) is 7.54. The zero-order valence-corrected chi connectivity index (χ0v) is 19.0. The highest BCUT2D eigenvalue weighted by Crippen LogP contribution is 2.20. The molecule has 4 rings (SSSR count). The third-order valence-electron chi connectivity index (χ3n) is 5.29. The number of benzene rings is 2. The van der Waals surface area contributed by atoms with E-state index in [1.165, 1.54) is 16.4 Å². The van der Waals surface area contributed by atoms with E-state index < -0.39 is 10.0 Å². The van der Waals surface area contributed by atoms with Crippen LogP contribution in [0.3, 0.4) is 0 Å². The van der Waals surface area contributed by atoms with Gasteiger partial charge in [0.15, 0.2) is 0 Å². The van der Waals surface area contributed by atoms with Gasteiger partial charge in [-0.3, -0.25) is 9.78 Å². The fourth-order valence-electron chi connectivity index (χ4n) is 3.51. The van der Waals surface area contributed by atoms with Crippen LogP contribution in [0.5, 0.6) is 5.75 Å². The van der Waals surface area contributed by atoms with Crippen molar-refractivity contribution in [2.45, 2.75) is 17.7 Å². The second-order valence-electron chi connectivity index (χ2n) is 7.55. The van der Waals surface area contributed by atoms with Gasteiger partial charge in [-0.1, -0.05) is 24.3 Å². The van der Waals surface area contributed by atoms with E-state index in [9.17, 15) is 13.2 Å². The molecule has 8 nitrogen and oxygen atoms in total. The summed E-state index contributed by atoms with van der Waals surface area (Å²) < 4.78 is 42.7. The first kappa shape index (κ1) is 23.2. The molecule has 0 aliphatic carbocycles. The minimum Gasteiger partial charge on any atom is -0.490 e. The van der Waals surface area contributed by atoms with Gasteiger partial charge in [0.05, 0.1) is 30.0 Å². The molecular weight excluding hydrogens is 444 g/mol. The summed E-state index contributed by atoms with van der Waals surface area (Å²) >= 11 is 0. The van der Waals surface area contributed by atoms with E-state index in [0.717, 1.165) is 16.6 Å². The minimum absolute atomic E-state index is 0.109. The predicted octanol–water partition coefficient (Wildman–Crippen LogP) is 2.81. The van der Waals surface area contributed by atoms with E-state index in [2.05, 4.69) is 4.98 Å². The summed E-state index contributed by atoms with van der Waals surface area (Å²) in [6.45, 7) is 1.79. The van der Waals surface area contributed by atoms with E-state index >= 15 is 0 Å². The zero-order chi connectivity index (χ0) is 23.1. The highest BCUT2D eigenvalue weighted by Gasteiger charge is 2.26. The van der Waals surface area contributed by atoms with Crippen molar-refractivity contribution in [1.29, 1.82) is 0 Å². The number of pyridine rings is 1. The van der Waals surface area contributed by atoms with Gasteiger partial charge in [0.1, 0.15) is 19.0 Å². The SMILES string of the molecule is O=C(CCc1ccc2ccccc2n1)OCCOc1ccc(S(=O)(=O)N2CCOCC2)cc1. The Hall–Kier alpha value is -3.01. The first-order valence-corrected chi connectivity index (χ1v) is 12.3. The molecule has 2 aromatic carbocycles. The van der Waals surface area contributed by atoms with Crippen molar-refractivity contribution >= 4 is 26.9 Å². The molecule has 0 N–H and O–H groups in total. The Balaban J connectivity index is 1.19. The lowest BCUT2D eigenvalue weighted by molar-refractivity contribution is -0.144. The standard InChI is InChI=1S/C24H26N2O6S/c27-24(12-7-20-6-5-19-3-1-2-4-23(19)25-20)32-18-17-31-21-8-10-22(11-9-21)33(28,29)26-13-15-30-16-14-26/h1-6,8-11H,7,12-18H2. The molecule has 3 aromatic rings. The maximum Gasteiger partial charge on any atom is 0.306 e. The number of para-hydroxylation sites is 1. The second kappa shape index (κ2) is 10.7. The van der Waals surface area contributed by atoms with E-state index in [1.807, 2.05) is 36.4 Å². The smallest absolute Gasteiger partial charge is 0.306 e. The molecule has 0 amide bonds. The van der Waals surface area contributed by atoms with Crippen molar-refractivity contribution in [1.82, 2.24) is 9.29 Å². The first-order chi connectivity index (χ1) is 16.0. The monoisotopic (exact) mass is 470 g/mol. The van der Waals surface area contributed by atoms with Crippen molar-refractivity contribution < 1.29 is 27.4 Å². The van der Waals surface area contributed by atoms with Crippen LogP contribution in [0.1, 0.15) is 12.1 Å². The second-order valence-corrected chi connectivity index (χ2v) is 9.49. The first-order valence-electron chi connectivity index (χ1n) is 10.8. The van der Waals surface area contributed by atoms with Crippen molar-refractivity contribution in [2.75, 3.05) is 39.5 Å². The third kappa shape index (κ3) is 6.07. The van der Waals surface area contributed by atoms with Crippen LogP contribution in [0, 0.1) is 0 Å². The highest BCUT2D eigenvalue weighted by molar-refractivity contribution is 7.89.